The molecule has 3 N–H and O–H groups in total. The Bertz CT molecular complexity index is 537. The van der Waals surface area contributed by atoms with Gasteiger partial charge >= 0.3 is 0 Å². The predicted octanol–water partition coefficient (Wildman–Crippen LogP) is 4.33. The average Bonchev–Trinajstić information content (AvgIpc) is 2.58. The fourth-order valence-electron chi connectivity index (χ4n) is 3.31. The molecule has 0 saturated carbocycles. The normalized spacial score (nSPS) is 18.9. The van der Waals surface area contributed by atoms with E-state index in [0.29, 0.717) is 0 Å². The first-order chi connectivity index (χ1) is 11.6. The van der Waals surface area contributed by atoms with E-state index in [4.69, 9.17) is 10.5 Å². The van der Waals surface area contributed by atoms with Crippen LogP contribution < -0.4 is 10.5 Å². The number of nitrogens with two attached hydrogens (primary N) is 1. The molecule has 2 rings (SSSR count). The molecule has 0 radical (unpaired) electrons. The summed E-state index contributed by atoms with van der Waals surface area (Å²) in [7, 11) is 0. The van der Waals surface area contributed by atoms with Gasteiger partial charge in [-0.1, -0.05) is 50.8 Å². The van der Waals surface area contributed by atoms with Gasteiger partial charge in [0.2, 0.25) is 0 Å². The van der Waals surface area contributed by atoms with E-state index < -0.39 is 5.54 Å². The van der Waals surface area contributed by atoms with Gasteiger partial charge in [0.25, 0.3) is 0 Å². The number of hydrogen-bond acceptors (Lipinski definition) is 3. The molecule has 2 unspecified atom stereocenters. The highest BCUT2D eigenvalue weighted by Gasteiger charge is 2.25. The van der Waals surface area contributed by atoms with Gasteiger partial charge < -0.3 is 15.6 Å². The van der Waals surface area contributed by atoms with Crippen LogP contribution in [0.3, 0.4) is 0 Å². The van der Waals surface area contributed by atoms with Crippen LogP contribution in [-0.2, 0) is 6.42 Å². The number of ether oxygens (including phenoxy) is 1. The standard InChI is InChI=1S/C21H33NO2/c1-3-4-5-6-7-13-24-19-11-12-20-17(14-19)9-8-10-18(20)15-21(2,22)16-23/h8,10-12,14,18,23H,3-7,9,13,15-16,22H2,1-2H3. The van der Waals surface area contributed by atoms with Crippen molar-refractivity contribution in [3.05, 3.63) is 41.5 Å². The maximum Gasteiger partial charge on any atom is 0.119 e. The van der Waals surface area contributed by atoms with Gasteiger partial charge in [0.15, 0.2) is 0 Å². The molecule has 0 aromatic heterocycles. The van der Waals surface area contributed by atoms with Crippen molar-refractivity contribution < 1.29 is 9.84 Å². The van der Waals surface area contributed by atoms with E-state index in [1.165, 1.54) is 36.8 Å². The number of allylic oxidation sites excluding steroid dienone is 2. The molecule has 134 valence electrons. The van der Waals surface area contributed by atoms with Gasteiger partial charge in [0, 0.05) is 11.5 Å². The van der Waals surface area contributed by atoms with Gasteiger partial charge in [0.1, 0.15) is 5.75 Å². The van der Waals surface area contributed by atoms with Gasteiger partial charge in [-0.15, -0.1) is 0 Å². The number of rotatable bonds is 10. The third-order valence-electron chi connectivity index (χ3n) is 4.78. The van der Waals surface area contributed by atoms with Crippen molar-refractivity contribution in [1.29, 1.82) is 0 Å². The Morgan fingerprint density at radius 1 is 1.25 bits per heavy atom. The van der Waals surface area contributed by atoms with E-state index >= 15 is 0 Å². The summed E-state index contributed by atoms with van der Waals surface area (Å²) in [5.41, 5.74) is 8.23. The lowest BCUT2D eigenvalue weighted by Crippen LogP contribution is -2.41. The molecule has 0 spiro atoms. The van der Waals surface area contributed by atoms with E-state index in [0.717, 1.165) is 31.6 Å². The Balaban J connectivity index is 1.91. The van der Waals surface area contributed by atoms with Crippen LogP contribution in [0.2, 0.25) is 0 Å². The van der Waals surface area contributed by atoms with E-state index in [1.807, 2.05) is 6.92 Å². The molecule has 0 bridgehead atoms. The van der Waals surface area contributed by atoms with Crippen LogP contribution >= 0.6 is 0 Å². The lowest BCUT2D eigenvalue weighted by atomic mass is 9.80. The summed E-state index contributed by atoms with van der Waals surface area (Å²) in [6.07, 6.45) is 12.4. The summed E-state index contributed by atoms with van der Waals surface area (Å²) < 4.78 is 5.92. The van der Waals surface area contributed by atoms with Crippen LogP contribution in [0.15, 0.2) is 30.4 Å². The van der Waals surface area contributed by atoms with Crippen LogP contribution in [0.25, 0.3) is 0 Å². The van der Waals surface area contributed by atoms with Gasteiger partial charge in [-0.25, -0.2) is 0 Å². The van der Waals surface area contributed by atoms with Crippen LogP contribution in [-0.4, -0.2) is 23.9 Å². The molecule has 0 fully saturated rings. The topological polar surface area (TPSA) is 55.5 Å². The zero-order valence-electron chi connectivity index (χ0n) is 15.3. The van der Waals surface area contributed by atoms with Crippen molar-refractivity contribution in [1.82, 2.24) is 0 Å². The second-order valence-corrected chi connectivity index (χ2v) is 7.38. The second kappa shape index (κ2) is 9.24. The van der Waals surface area contributed by atoms with Crippen LogP contribution in [0.1, 0.15) is 69.4 Å². The monoisotopic (exact) mass is 331 g/mol. The van der Waals surface area contributed by atoms with E-state index in [2.05, 4.69) is 37.3 Å². The highest BCUT2D eigenvalue weighted by atomic mass is 16.5. The minimum absolute atomic E-state index is 0.00585. The molecule has 1 aromatic rings. The smallest absolute Gasteiger partial charge is 0.119 e. The highest BCUT2D eigenvalue weighted by Crippen LogP contribution is 2.34. The number of aliphatic hydroxyl groups is 1. The summed E-state index contributed by atoms with van der Waals surface area (Å²) >= 11 is 0. The first kappa shape index (κ1) is 19.0. The Morgan fingerprint density at radius 2 is 2.04 bits per heavy atom. The summed E-state index contributed by atoms with van der Waals surface area (Å²) in [5.74, 6) is 1.25. The van der Waals surface area contributed by atoms with Gasteiger partial charge in [-0.05, 0) is 49.4 Å². The molecule has 0 saturated heterocycles. The molecule has 2 atom stereocenters. The fourth-order valence-corrected chi connectivity index (χ4v) is 3.31. The van der Waals surface area contributed by atoms with E-state index in [-0.39, 0.29) is 12.5 Å². The molecular formula is C21H33NO2. The Labute approximate surface area is 146 Å². The Morgan fingerprint density at radius 3 is 2.79 bits per heavy atom. The van der Waals surface area contributed by atoms with Crippen molar-refractivity contribution in [3.8, 4) is 5.75 Å². The number of fused-ring (bicyclic) bond motifs is 1. The Hall–Kier alpha value is -1.32. The van der Waals surface area contributed by atoms with Crippen molar-refractivity contribution in [3.63, 3.8) is 0 Å². The third kappa shape index (κ3) is 5.64. The van der Waals surface area contributed by atoms with E-state index in [9.17, 15) is 5.11 Å². The maximum absolute atomic E-state index is 9.42. The van der Waals surface area contributed by atoms with Crippen LogP contribution in [0, 0.1) is 0 Å². The van der Waals surface area contributed by atoms with Crippen molar-refractivity contribution >= 4 is 0 Å². The fraction of sp³-hybridized carbons (Fsp3) is 0.619. The van der Waals surface area contributed by atoms with Crippen LogP contribution in [0.4, 0.5) is 0 Å². The molecule has 1 aromatic carbocycles. The maximum atomic E-state index is 9.42. The average molecular weight is 332 g/mol. The second-order valence-electron chi connectivity index (χ2n) is 7.38. The molecule has 3 heteroatoms. The van der Waals surface area contributed by atoms with E-state index in [1.54, 1.807) is 0 Å². The minimum atomic E-state index is -0.544. The predicted molar refractivity (Wildman–Crippen MR) is 101 cm³/mol. The largest absolute Gasteiger partial charge is 0.494 e. The van der Waals surface area contributed by atoms with Crippen LogP contribution in [0.5, 0.6) is 5.75 Å². The lowest BCUT2D eigenvalue weighted by Gasteiger charge is -2.29. The third-order valence-corrected chi connectivity index (χ3v) is 4.78. The van der Waals surface area contributed by atoms with Gasteiger partial charge in [-0.2, -0.15) is 0 Å². The SMILES string of the molecule is CCCCCCCOc1ccc2c(c1)CC=CC2CC(C)(N)CO. The Kier molecular flexibility index (Phi) is 7.32. The molecule has 1 aliphatic carbocycles. The zero-order valence-corrected chi connectivity index (χ0v) is 15.3. The molecule has 0 amide bonds. The number of hydrogen-bond donors (Lipinski definition) is 2. The number of benzene rings is 1. The molecule has 3 nitrogen and oxygen atoms in total. The summed E-state index contributed by atoms with van der Waals surface area (Å²) in [5, 5.41) is 9.42. The first-order valence-corrected chi connectivity index (χ1v) is 9.38. The summed E-state index contributed by atoms with van der Waals surface area (Å²) in [6.45, 7) is 4.95. The van der Waals surface area contributed by atoms with Gasteiger partial charge in [-0.3, -0.25) is 0 Å². The molecular weight excluding hydrogens is 298 g/mol. The number of unbranched alkanes of at least 4 members (excludes halogenated alkanes) is 4. The van der Waals surface area contributed by atoms with Crippen molar-refractivity contribution in [2.75, 3.05) is 13.2 Å². The lowest BCUT2D eigenvalue weighted by molar-refractivity contribution is 0.196. The van der Waals surface area contributed by atoms with Gasteiger partial charge in [0.05, 0.1) is 13.2 Å². The molecule has 24 heavy (non-hydrogen) atoms. The first-order valence-electron chi connectivity index (χ1n) is 9.38. The number of aliphatic hydroxyl groups excluding tert-OH is 1. The highest BCUT2D eigenvalue weighted by molar-refractivity contribution is 5.43. The molecule has 0 heterocycles. The van der Waals surface area contributed by atoms with Crippen molar-refractivity contribution in [2.24, 2.45) is 5.73 Å². The van der Waals surface area contributed by atoms with Crippen molar-refractivity contribution in [2.45, 2.75) is 70.3 Å². The summed E-state index contributed by atoms with van der Waals surface area (Å²) in [4.78, 5) is 0. The quantitative estimate of drug-likeness (QED) is 0.495. The minimum Gasteiger partial charge on any atom is -0.494 e. The molecule has 1 aliphatic rings. The zero-order chi connectivity index (χ0) is 17.4. The summed E-state index contributed by atoms with van der Waals surface area (Å²) in [6, 6.07) is 6.41. The molecule has 0 aliphatic heterocycles.